The second kappa shape index (κ2) is 22.0. The highest BCUT2D eigenvalue weighted by Gasteiger charge is 2.10. The van der Waals surface area contributed by atoms with Crippen LogP contribution in [0, 0.1) is 5.92 Å². The molecule has 0 saturated carbocycles. The van der Waals surface area contributed by atoms with E-state index in [2.05, 4.69) is 36.7 Å². The zero-order chi connectivity index (χ0) is 25.6. The van der Waals surface area contributed by atoms with Crippen LogP contribution in [-0.4, -0.2) is 24.5 Å². The number of carbonyl (C=O) groups is 1. The number of hydrogen-bond donors (Lipinski definition) is 0. The van der Waals surface area contributed by atoms with Gasteiger partial charge in [0.25, 0.3) is 0 Å². The zero-order valence-electron chi connectivity index (χ0n) is 22.8. The lowest BCUT2D eigenvalue weighted by Gasteiger charge is -2.17. The molecule has 0 heterocycles. The molecule has 0 fully saturated rings. The van der Waals surface area contributed by atoms with Gasteiger partial charge < -0.3 is 14.2 Å². The van der Waals surface area contributed by atoms with Gasteiger partial charge in [0.2, 0.25) is 0 Å². The monoisotopic (exact) mass is 554 g/mol. The summed E-state index contributed by atoms with van der Waals surface area (Å²) in [6, 6.07) is 5.94. The molecular formula is C30H51BrO4. The van der Waals surface area contributed by atoms with E-state index in [0.717, 1.165) is 41.7 Å². The van der Waals surface area contributed by atoms with E-state index in [0.29, 0.717) is 25.6 Å². The average molecular weight is 556 g/mol. The van der Waals surface area contributed by atoms with Gasteiger partial charge in [-0.25, -0.2) is 0 Å². The van der Waals surface area contributed by atoms with Gasteiger partial charge in [0.15, 0.2) is 0 Å². The lowest BCUT2D eigenvalue weighted by atomic mass is 10.0. The molecule has 1 aromatic carbocycles. The second-order valence-corrected chi connectivity index (χ2v) is 10.5. The van der Waals surface area contributed by atoms with Gasteiger partial charge in [-0.1, -0.05) is 107 Å². The van der Waals surface area contributed by atoms with Crippen LogP contribution in [0.15, 0.2) is 18.2 Å². The first-order valence-electron chi connectivity index (χ1n) is 14.2. The highest BCUT2D eigenvalue weighted by molar-refractivity contribution is 9.09. The summed E-state index contributed by atoms with van der Waals surface area (Å²) >= 11 is 3.36. The maximum atomic E-state index is 12.0. The molecule has 0 N–H and O–H groups in total. The summed E-state index contributed by atoms with van der Waals surface area (Å²) in [7, 11) is 0. The minimum atomic E-state index is -0.168. The molecule has 5 heteroatoms. The fourth-order valence-electron chi connectivity index (χ4n) is 4.04. The van der Waals surface area contributed by atoms with E-state index in [1.54, 1.807) is 0 Å². The Labute approximate surface area is 224 Å². The topological polar surface area (TPSA) is 44.8 Å². The Balaban J connectivity index is 2.56. The van der Waals surface area contributed by atoms with Gasteiger partial charge in [-0.05, 0) is 42.9 Å². The standard InChI is InChI=1S/C30H51BrO4/c1-4-7-9-10-11-12-13-14-15-20-33-28-21-27(25-35-30(32)18-16-19-31)22-29(23-28)34-24-26(6-3)17-8-5-2/h21-23,26H,4-20,24-25H2,1-3H3. The van der Waals surface area contributed by atoms with Crippen LogP contribution in [0.5, 0.6) is 11.5 Å². The summed E-state index contributed by atoms with van der Waals surface area (Å²) in [5.41, 5.74) is 0.915. The molecule has 0 amide bonds. The number of ether oxygens (including phenoxy) is 3. The molecule has 1 rings (SSSR count). The Kier molecular flexibility index (Phi) is 20.0. The maximum absolute atomic E-state index is 12.0. The van der Waals surface area contributed by atoms with Gasteiger partial charge in [0.1, 0.15) is 18.1 Å². The maximum Gasteiger partial charge on any atom is 0.306 e. The van der Waals surface area contributed by atoms with E-state index in [9.17, 15) is 4.79 Å². The molecule has 1 unspecified atom stereocenters. The highest BCUT2D eigenvalue weighted by atomic mass is 79.9. The van der Waals surface area contributed by atoms with Gasteiger partial charge in [-0.2, -0.15) is 0 Å². The van der Waals surface area contributed by atoms with Crippen LogP contribution >= 0.6 is 15.9 Å². The molecule has 0 bridgehead atoms. The molecule has 4 nitrogen and oxygen atoms in total. The Bertz CT molecular complexity index is 649. The summed E-state index contributed by atoms with van der Waals surface area (Å²) < 4.78 is 17.7. The molecule has 0 saturated heterocycles. The first kappa shape index (κ1) is 31.8. The molecule has 0 aliphatic carbocycles. The second-order valence-electron chi connectivity index (χ2n) is 9.67. The Morgan fingerprint density at radius 2 is 1.43 bits per heavy atom. The van der Waals surface area contributed by atoms with E-state index in [1.807, 2.05) is 18.2 Å². The predicted molar refractivity (Wildman–Crippen MR) is 151 cm³/mol. The molecular weight excluding hydrogens is 504 g/mol. The minimum Gasteiger partial charge on any atom is -0.493 e. The van der Waals surface area contributed by atoms with Crippen molar-refractivity contribution in [3.63, 3.8) is 0 Å². The quantitative estimate of drug-likeness (QED) is 0.0767. The Morgan fingerprint density at radius 1 is 0.800 bits per heavy atom. The smallest absolute Gasteiger partial charge is 0.306 e. The van der Waals surface area contributed by atoms with Crippen molar-refractivity contribution >= 4 is 21.9 Å². The molecule has 0 aromatic heterocycles. The normalized spacial score (nSPS) is 11.9. The number of carbonyl (C=O) groups excluding carboxylic acids is 1. The first-order valence-corrected chi connectivity index (χ1v) is 15.4. The van der Waals surface area contributed by atoms with Crippen LogP contribution in [0.4, 0.5) is 0 Å². The lowest BCUT2D eigenvalue weighted by Crippen LogP contribution is -2.12. The van der Waals surface area contributed by atoms with Crippen LogP contribution in [0.2, 0.25) is 0 Å². The molecule has 0 aliphatic heterocycles. The number of rotatable bonds is 23. The van der Waals surface area contributed by atoms with Crippen molar-refractivity contribution in [1.29, 1.82) is 0 Å². The van der Waals surface area contributed by atoms with E-state index in [-0.39, 0.29) is 12.6 Å². The molecule has 202 valence electrons. The number of unbranched alkanes of at least 4 members (excludes halogenated alkanes) is 9. The molecule has 1 aromatic rings. The molecule has 0 aliphatic rings. The van der Waals surface area contributed by atoms with E-state index >= 15 is 0 Å². The summed E-state index contributed by atoms with van der Waals surface area (Å²) in [6.45, 7) is 8.39. The molecule has 0 spiro atoms. The van der Waals surface area contributed by atoms with Crippen LogP contribution in [0.25, 0.3) is 0 Å². The van der Waals surface area contributed by atoms with Crippen LogP contribution < -0.4 is 9.47 Å². The fraction of sp³-hybridized carbons (Fsp3) is 0.767. The fourth-order valence-corrected chi connectivity index (χ4v) is 4.32. The van der Waals surface area contributed by atoms with Crippen molar-refractivity contribution in [2.45, 2.75) is 124 Å². The van der Waals surface area contributed by atoms with Crippen LogP contribution in [-0.2, 0) is 16.1 Å². The third-order valence-electron chi connectivity index (χ3n) is 6.40. The van der Waals surface area contributed by atoms with E-state index in [1.165, 1.54) is 70.6 Å². The lowest BCUT2D eigenvalue weighted by molar-refractivity contribution is -0.144. The zero-order valence-corrected chi connectivity index (χ0v) is 24.3. The van der Waals surface area contributed by atoms with Gasteiger partial charge in [0.05, 0.1) is 13.2 Å². The van der Waals surface area contributed by atoms with Crippen molar-refractivity contribution in [2.24, 2.45) is 5.92 Å². The number of esters is 1. The van der Waals surface area contributed by atoms with Crippen molar-refractivity contribution in [3.05, 3.63) is 23.8 Å². The highest BCUT2D eigenvalue weighted by Crippen LogP contribution is 2.26. The third kappa shape index (κ3) is 17.0. The largest absolute Gasteiger partial charge is 0.493 e. The van der Waals surface area contributed by atoms with Crippen LogP contribution in [0.1, 0.15) is 123 Å². The van der Waals surface area contributed by atoms with Gasteiger partial charge in [-0.3, -0.25) is 4.79 Å². The van der Waals surface area contributed by atoms with Gasteiger partial charge in [-0.15, -0.1) is 0 Å². The van der Waals surface area contributed by atoms with E-state index in [4.69, 9.17) is 14.2 Å². The predicted octanol–water partition coefficient (Wildman–Crippen LogP) is 9.41. The summed E-state index contributed by atoms with van der Waals surface area (Å²) in [6.07, 6.45) is 17.6. The first-order chi connectivity index (χ1) is 17.1. The van der Waals surface area contributed by atoms with Crippen molar-refractivity contribution in [2.75, 3.05) is 18.5 Å². The summed E-state index contributed by atoms with van der Waals surface area (Å²) in [5, 5.41) is 0.804. The molecule has 1 atom stereocenters. The summed E-state index contributed by atoms with van der Waals surface area (Å²) in [5.74, 6) is 2.00. The number of halogens is 1. The van der Waals surface area contributed by atoms with E-state index < -0.39 is 0 Å². The number of benzene rings is 1. The van der Waals surface area contributed by atoms with Crippen molar-refractivity contribution in [1.82, 2.24) is 0 Å². The van der Waals surface area contributed by atoms with Gasteiger partial charge >= 0.3 is 5.97 Å². The third-order valence-corrected chi connectivity index (χ3v) is 6.96. The summed E-state index contributed by atoms with van der Waals surface area (Å²) in [4.78, 5) is 12.0. The average Bonchev–Trinajstić information content (AvgIpc) is 2.87. The SMILES string of the molecule is CCCCCCCCCCCOc1cc(COC(=O)CCCBr)cc(OCC(CC)CCCC)c1. The number of alkyl halides is 1. The minimum absolute atomic E-state index is 0.168. The van der Waals surface area contributed by atoms with Gasteiger partial charge in [0, 0.05) is 17.8 Å². The number of hydrogen-bond acceptors (Lipinski definition) is 4. The van der Waals surface area contributed by atoms with Crippen molar-refractivity contribution < 1.29 is 19.0 Å². The van der Waals surface area contributed by atoms with Crippen LogP contribution in [0.3, 0.4) is 0 Å². The molecule has 0 radical (unpaired) electrons. The Hall–Kier alpha value is -1.23. The Morgan fingerprint density at radius 3 is 2.06 bits per heavy atom. The van der Waals surface area contributed by atoms with Crippen molar-refractivity contribution in [3.8, 4) is 11.5 Å². The molecule has 35 heavy (non-hydrogen) atoms.